The third-order valence-corrected chi connectivity index (χ3v) is 4.21. The quantitative estimate of drug-likeness (QED) is 0.685. The number of thioether (sulfide) groups is 1. The number of benzene rings is 1. The van der Waals surface area contributed by atoms with Gasteiger partial charge in [-0.2, -0.15) is 0 Å². The van der Waals surface area contributed by atoms with E-state index >= 15 is 0 Å². The number of hydrogen-bond donors (Lipinski definition) is 1. The lowest BCUT2D eigenvalue weighted by Crippen LogP contribution is -2.33. The number of carbonyl (C=O) groups is 1. The van der Waals surface area contributed by atoms with Gasteiger partial charge in [0, 0.05) is 0 Å². The lowest BCUT2D eigenvalue weighted by Gasteiger charge is -2.15. The van der Waals surface area contributed by atoms with Crippen molar-refractivity contribution in [2.75, 3.05) is 32.1 Å². The lowest BCUT2D eigenvalue weighted by molar-refractivity contribution is -0.546. The van der Waals surface area contributed by atoms with E-state index in [1.54, 1.807) is 0 Å². The predicted molar refractivity (Wildman–Crippen MR) is 76.5 cm³/mol. The van der Waals surface area contributed by atoms with Crippen LogP contribution in [0.15, 0.2) is 24.3 Å². The van der Waals surface area contributed by atoms with Gasteiger partial charge in [-0.05, 0) is 23.9 Å². The SMILES string of the molecule is O=C(O)CSC(c1ccccc1Cl)=[N+]1CCOCC1. The molecule has 2 rings (SSSR count). The molecule has 1 aliphatic rings. The maximum Gasteiger partial charge on any atom is 0.314 e. The predicted octanol–water partition coefficient (Wildman–Crippen LogP) is 1.95. The largest absolute Gasteiger partial charge is 0.481 e. The topological polar surface area (TPSA) is 49.5 Å². The van der Waals surface area contributed by atoms with Crippen LogP contribution < -0.4 is 0 Å². The van der Waals surface area contributed by atoms with Crippen molar-refractivity contribution in [3.8, 4) is 0 Å². The van der Waals surface area contributed by atoms with E-state index in [2.05, 4.69) is 4.58 Å². The second-order valence-corrected chi connectivity index (χ2v) is 5.44. The Kier molecular flexibility index (Phi) is 5.24. The Morgan fingerprint density at radius 3 is 2.68 bits per heavy atom. The van der Waals surface area contributed by atoms with Crippen molar-refractivity contribution in [2.45, 2.75) is 0 Å². The number of morpholine rings is 1. The van der Waals surface area contributed by atoms with E-state index in [1.165, 1.54) is 11.8 Å². The van der Waals surface area contributed by atoms with Crippen LogP contribution in [0, 0.1) is 0 Å². The highest BCUT2D eigenvalue weighted by molar-refractivity contribution is 8.14. The molecule has 1 fully saturated rings. The van der Waals surface area contributed by atoms with Gasteiger partial charge in [0.25, 0.3) is 0 Å². The van der Waals surface area contributed by atoms with Crippen LogP contribution in [0.25, 0.3) is 0 Å². The van der Waals surface area contributed by atoms with Gasteiger partial charge in [-0.1, -0.05) is 23.7 Å². The second kappa shape index (κ2) is 6.93. The summed E-state index contributed by atoms with van der Waals surface area (Å²) in [4.78, 5) is 10.8. The van der Waals surface area contributed by atoms with Gasteiger partial charge in [-0.3, -0.25) is 4.79 Å². The number of aliphatic carboxylic acids is 1. The molecule has 0 bridgehead atoms. The van der Waals surface area contributed by atoms with Gasteiger partial charge in [-0.15, -0.1) is 0 Å². The molecule has 19 heavy (non-hydrogen) atoms. The molecule has 0 saturated carbocycles. The van der Waals surface area contributed by atoms with E-state index in [9.17, 15) is 4.79 Å². The lowest BCUT2D eigenvalue weighted by atomic mass is 10.2. The Bertz CT molecular complexity index is 496. The summed E-state index contributed by atoms with van der Waals surface area (Å²) in [5.41, 5.74) is 0.886. The fourth-order valence-corrected chi connectivity index (χ4v) is 3.11. The Balaban J connectivity index is 2.33. The minimum absolute atomic E-state index is 0.0257. The van der Waals surface area contributed by atoms with E-state index < -0.39 is 5.97 Å². The molecule has 0 unspecified atom stereocenters. The van der Waals surface area contributed by atoms with Crippen molar-refractivity contribution in [1.82, 2.24) is 0 Å². The van der Waals surface area contributed by atoms with Crippen LogP contribution in [0.1, 0.15) is 5.56 Å². The molecule has 0 aliphatic carbocycles. The molecule has 1 aliphatic heterocycles. The van der Waals surface area contributed by atoms with Crippen LogP contribution >= 0.6 is 23.4 Å². The molecule has 0 spiro atoms. The molecule has 6 heteroatoms. The Hall–Kier alpha value is -1.04. The Labute approximate surface area is 121 Å². The highest BCUT2D eigenvalue weighted by Crippen LogP contribution is 2.22. The zero-order valence-electron chi connectivity index (χ0n) is 10.3. The van der Waals surface area contributed by atoms with E-state index in [0.29, 0.717) is 18.2 Å². The van der Waals surface area contributed by atoms with E-state index in [1.807, 2.05) is 24.3 Å². The van der Waals surface area contributed by atoms with Crippen molar-refractivity contribution >= 4 is 34.4 Å². The third-order valence-electron chi connectivity index (χ3n) is 2.73. The highest BCUT2D eigenvalue weighted by atomic mass is 35.5. The molecular formula is C13H15ClNO3S+. The number of halogens is 1. The van der Waals surface area contributed by atoms with Crippen molar-refractivity contribution in [3.05, 3.63) is 34.9 Å². The highest BCUT2D eigenvalue weighted by Gasteiger charge is 2.23. The molecule has 1 aromatic carbocycles. The van der Waals surface area contributed by atoms with Gasteiger partial charge >= 0.3 is 5.97 Å². The van der Waals surface area contributed by atoms with Crippen LogP contribution in [0.4, 0.5) is 0 Å². The minimum atomic E-state index is -0.831. The van der Waals surface area contributed by atoms with Crippen LogP contribution in [0.5, 0.6) is 0 Å². The monoisotopic (exact) mass is 300 g/mol. The molecule has 0 aromatic heterocycles. The second-order valence-electron chi connectivity index (χ2n) is 4.07. The van der Waals surface area contributed by atoms with Crippen molar-refractivity contribution in [3.63, 3.8) is 0 Å². The molecule has 0 radical (unpaired) electrons. The van der Waals surface area contributed by atoms with Gasteiger partial charge in [0.2, 0.25) is 5.04 Å². The summed E-state index contributed by atoms with van der Waals surface area (Å²) in [6.07, 6.45) is 0. The summed E-state index contributed by atoms with van der Waals surface area (Å²) in [6.45, 7) is 2.82. The average molecular weight is 301 g/mol. The smallest absolute Gasteiger partial charge is 0.314 e. The number of rotatable bonds is 3. The van der Waals surface area contributed by atoms with Crippen molar-refractivity contribution in [1.29, 1.82) is 0 Å². The average Bonchev–Trinajstić information content (AvgIpc) is 2.42. The maximum atomic E-state index is 10.8. The summed E-state index contributed by atoms with van der Waals surface area (Å²) in [7, 11) is 0. The van der Waals surface area contributed by atoms with Crippen LogP contribution in [0.3, 0.4) is 0 Å². The number of ether oxygens (including phenoxy) is 1. The van der Waals surface area contributed by atoms with Crippen LogP contribution in [-0.2, 0) is 9.53 Å². The minimum Gasteiger partial charge on any atom is -0.481 e. The summed E-state index contributed by atoms with van der Waals surface area (Å²) < 4.78 is 7.47. The molecule has 0 amide bonds. The number of hydrogen-bond acceptors (Lipinski definition) is 3. The molecular weight excluding hydrogens is 286 g/mol. The standard InChI is InChI=1S/C13H14ClNO3S/c14-11-4-2-1-3-10(11)13(19-9-12(16)17)15-5-7-18-8-6-15/h1-4H,5-9H2/p+1. The van der Waals surface area contributed by atoms with E-state index in [4.69, 9.17) is 21.4 Å². The molecule has 4 nitrogen and oxygen atoms in total. The third kappa shape index (κ3) is 3.96. The van der Waals surface area contributed by atoms with Gasteiger partial charge < -0.3 is 9.84 Å². The summed E-state index contributed by atoms with van der Waals surface area (Å²) in [5.74, 6) is -0.805. The van der Waals surface area contributed by atoms with E-state index in [0.717, 1.165) is 23.7 Å². The number of carboxylic acid groups (broad SMARTS) is 1. The Morgan fingerprint density at radius 1 is 1.37 bits per heavy atom. The van der Waals surface area contributed by atoms with Gasteiger partial charge in [0.1, 0.15) is 19.0 Å². The van der Waals surface area contributed by atoms with E-state index in [-0.39, 0.29) is 5.75 Å². The number of carboxylic acids is 1. The van der Waals surface area contributed by atoms with Crippen LogP contribution in [0.2, 0.25) is 5.02 Å². The molecule has 1 heterocycles. The Morgan fingerprint density at radius 2 is 2.05 bits per heavy atom. The molecule has 102 valence electrons. The summed E-state index contributed by atoms with van der Waals surface area (Å²) in [6, 6.07) is 7.51. The molecule has 1 aromatic rings. The zero-order valence-corrected chi connectivity index (χ0v) is 11.9. The van der Waals surface area contributed by atoms with Gasteiger partial charge in [-0.25, -0.2) is 4.58 Å². The maximum absolute atomic E-state index is 10.8. The molecule has 1 N–H and O–H groups in total. The normalized spacial score (nSPS) is 15.3. The van der Waals surface area contributed by atoms with Crippen molar-refractivity contribution in [2.24, 2.45) is 0 Å². The first-order valence-corrected chi connectivity index (χ1v) is 7.34. The first-order chi connectivity index (χ1) is 9.18. The van der Waals surface area contributed by atoms with Crippen molar-refractivity contribution < 1.29 is 19.2 Å². The first kappa shape index (κ1) is 14.4. The first-order valence-electron chi connectivity index (χ1n) is 5.97. The zero-order chi connectivity index (χ0) is 13.7. The molecule has 0 atom stereocenters. The fourth-order valence-electron chi connectivity index (χ4n) is 1.87. The molecule has 1 saturated heterocycles. The van der Waals surface area contributed by atoms with Gasteiger partial charge in [0.05, 0.1) is 10.6 Å². The number of nitrogens with zero attached hydrogens (tertiary/aromatic N) is 1. The summed E-state index contributed by atoms with van der Waals surface area (Å²) >= 11 is 7.52. The van der Waals surface area contributed by atoms with Gasteiger partial charge in [0.15, 0.2) is 13.1 Å². The summed E-state index contributed by atoms with van der Waals surface area (Å²) in [5, 5.41) is 10.4. The fraction of sp³-hybridized carbons (Fsp3) is 0.385. The van der Waals surface area contributed by atoms with Crippen LogP contribution in [-0.4, -0.2) is 52.8 Å².